The molecule has 0 saturated carbocycles. The summed E-state index contributed by atoms with van der Waals surface area (Å²) in [5, 5.41) is 6.06. The van der Waals surface area contributed by atoms with Gasteiger partial charge in [0.25, 0.3) is 0 Å². The van der Waals surface area contributed by atoms with Gasteiger partial charge in [0.1, 0.15) is 0 Å². The Hall–Kier alpha value is -1.72. The Labute approximate surface area is 142 Å². The molecule has 4 nitrogen and oxygen atoms in total. The molecule has 1 N–H and O–H groups in total. The summed E-state index contributed by atoms with van der Waals surface area (Å²) in [5.74, 6) is 0.0607. The van der Waals surface area contributed by atoms with Gasteiger partial charge >= 0.3 is 0 Å². The maximum Gasteiger partial charge on any atom is 0.225 e. The lowest BCUT2D eigenvalue weighted by atomic mass is 10.1. The molecule has 0 aliphatic heterocycles. The van der Waals surface area contributed by atoms with Gasteiger partial charge in [0.05, 0.1) is 10.7 Å². The fourth-order valence-electron chi connectivity index (χ4n) is 2.28. The van der Waals surface area contributed by atoms with Crippen LogP contribution in [-0.4, -0.2) is 35.9 Å². The first-order chi connectivity index (χ1) is 11.1. The molecule has 2 aromatic rings. The first kappa shape index (κ1) is 17.6. The molecule has 1 amide bonds. The summed E-state index contributed by atoms with van der Waals surface area (Å²) in [7, 11) is 2.06. The van der Waals surface area contributed by atoms with Crippen molar-refractivity contribution in [2.24, 2.45) is 0 Å². The lowest BCUT2D eigenvalue weighted by molar-refractivity contribution is -0.116. The van der Waals surface area contributed by atoms with Gasteiger partial charge in [-0.3, -0.25) is 4.79 Å². The SMILES string of the molecule is CCCCN(C)CCC(=O)Nc1ccc(-c2csc(C)n2)cc1. The normalized spacial score (nSPS) is 11.0. The number of thiazole rings is 1. The molecule has 0 fully saturated rings. The lowest BCUT2D eigenvalue weighted by Gasteiger charge is -2.15. The van der Waals surface area contributed by atoms with Crippen molar-refractivity contribution < 1.29 is 4.79 Å². The molecule has 0 unspecified atom stereocenters. The summed E-state index contributed by atoms with van der Waals surface area (Å²) in [5.41, 5.74) is 2.90. The first-order valence-electron chi connectivity index (χ1n) is 8.09. The second-order valence-corrected chi connectivity index (χ2v) is 6.85. The van der Waals surface area contributed by atoms with Gasteiger partial charge in [-0.2, -0.15) is 0 Å². The van der Waals surface area contributed by atoms with Crippen LogP contribution in [0.25, 0.3) is 11.3 Å². The van der Waals surface area contributed by atoms with E-state index in [1.165, 1.54) is 12.8 Å². The molecular formula is C18H25N3OS. The molecule has 5 heteroatoms. The second-order valence-electron chi connectivity index (χ2n) is 5.78. The van der Waals surface area contributed by atoms with Crippen LogP contribution < -0.4 is 5.32 Å². The van der Waals surface area contributed by atoms with Gasteiger partial charge in [0.15, 0.2) is 0 Å². The highest BCUT2D eigenvalue weighted by atomic mass is 32.1. The number of nitrogens with one attached hydrogen (secondary N) is 1. The van der Waals surface area contributed by atoms with Gasteiger partial charge in [0.2, 0.25) is 5.91 Å². The van der Waals surface area contributed by atoms with E-state index in [9.17, 15) is 4.79 Å². The number of amides is 1. The lowest BCUT2D eigenvalue weighted by Crippen LogP contribution is -2.25. The predicted molar refractivity (Wildman–Crippen MR) is 97.9 cm³/mol. The smallest absolute Gasteiger partial charge is 0.225 e. The van der Waals surface area contributed by atoms with Crippen LogP contribution in [0.2, 0.25) is 0 Å². The van der Waals surface area contributed by atoms with E-state index in [0.29, 0.717) is 6.42 Å². The van der Waals surface area contributed by atoms with E-state index >= 15 is 0 Å². The Morgan fingerprint density at radius 3 is 2.61 bits per heavy atom. The zero-order valence-corrected chi connectivity index (χ0v) is 14.9. The van der Waals surface area contributed by atoms with Crippen molar-refractivity contribution in [1.82, 2.24) is 9.88 Å². The molecule has 0 bridgehead atoms. The fourth-order valence-corrected chi connectivity index (χ4v) is 2.90. The van der Waals surface area contributed by atoms with Gasteiger partial charge in [-0.1, -0.05) is 25.5 Å². The molecule has 0 aliphatic carbocycles. The summed E-state index contributed by atoms with van der Waals surface area (Å²) in [4.78, 5) is 18.7. The van der Waals surface area contributed by atoms with Gasteiger partial charge < -0.3 is 10.2 Å². The maximum atomic E-state index is 12.0. The largest absolute Gasteiger partial charge is 0.326 e. The number of unbranched alkanes of at least 4 members (excludes halogenated alkanes) is 1. The molecule has 1 aromatic heterocycles. The number of hydrogen-bond acceptors (Lipinski definition) is 4. The Balaban J connectivity index is 1.82. The number of aromatic nitrogens is 1. The minimum atomic E-state index is 0.0607. The molecule has 2 rings (SSSR count). The van der Waals surface area contributed by atoms with Crippen molar-refractivity contribution in [3.63, 3.8) is 0 Å². The van der Waals surface area contributed by atoms with Gasteiger partial charge in [-0.15, -0.1) is 11.3 Å². The number of nitrogens with zero attached hydrogens (tertiary/aromatic N) is 2. The van der Waals surface area contributed by atoms with E-state index in [-0.39, 0.29) is 5.91 Å². The number of hydrogen-bond donors (Lipinski definition) is 1. The topological polar surface area (TPSA) is 45.2 Å². The minimum Gasteiger partial charge on any atom is -0.326 e. The summed E-state index contributed by atoms with van der Waals surface area (Å²) >= 11 is 1.64. The van der Waals surface area contributed by atoms with Gasteiger partial charge in [-0.25, -0.2) is 4.98 Å². The second kappa shape index (κ2) is 8.79. The van der Waals surface area contributed by atoms with Crippen LogP contribution in [0.5, 0.6) is 0 Å². The predicted octanol–water partition coefficient (Wildman–Crippen LogP) is 4.18. The van der Waals surface area contributed by atoms with E-state index in [2.05, 4.69) is 34.6 Å². The molecule has 0 aliphatic rings. The van der Waals surface area contributed by atoms with Crippen LogP contribution in [0.3, 0.4) is 0 Å². The number of benzene rings is 1. The fraction of sp³-hybridized carbons (Fsp3) is 0.444. The number of anilines is 1. The number of aryl methyl sites for hydroxylation is 1. The number of carbonyl (C=O) groups is 1. The van der Waals surface area contributed by atoms with Crippen molar-refractivity contribution in [2.45, 2.75) is 33.1 Å². The van der Waals surface area contributed by atoms with Crippen LogP contribution in [0.1, 0.15) is 31.2 Å². The average Bonchev–Trinajstić information content (AvgIpc) is 2.98. The van der Waals surface area contributed by atoms with Crippen LogP contribution >= 0.6 is 11.3 Å². The summed E-state index contributed by atoms with van der Waals surface area (Å²) in [6.45, 7) is 6.02. The van der Waals surface area contributed by atoms with E-state index in [1.54, 1.807) is 11.3 Å². The maximum absolute atomic E-state index is 12.0. The van der Waals surface area contributed by atoms with Gasteiger partial charge in [0, 0.05) is 29.6 Å². The van der Waals surface area contributed by atoms with Crippen LogP contribution in [-0.2, 0) is 4.79 Å². The van der Waals surface area contributed by atoms with Crippen molar-refractivity contribution in [3.8, 4) is 11.3 Å². The third-order valence-electron chi connectivity index (χ3n) is 3.70. The van der Waals surface area contributed by atoms with Crippen molar-refractivity contribution in [2.75, 3.05) is 25.5 Å². The van der Waals surface area contributed by atoms with E-state index in [1.807, 2.05) is 31.2 Å². The monoisotopic (exact) mass is 331 g/mol. The quantitative estimate of drug-likeness (QED) is 0.789. The molecule has 1 aromatic carbocycles. The van der Waals surface area contributed by atoms with E-state index in [4.69, 9.17) is 0 Å². The van der Waals surface area contributed by atoms with E-state index < -0.39 is 0 Å². The highest BCUT2D eigenvalue weighted by Crippen LogP contribution is 2.23. The Morgan fingerprint density at radius 2 is 2.00 bits per heavy atom. The summed E-state index contributed by atoms with van der Waals surface area (Å²) < 4.78 is 0. The highest BCUT2D eigenvalue weighted by Gasteiger charge is 2.06. The highest BCUT2D eigenvalue weighted by molar-refractivity contribution is 7.09. The van der Waals surface area contributed by atoms with Crippen molar-refractivity contribution in [3.05, 3.63) is 34.7 Å². The van der Waals surface area contributed by atoms with Crippen LogP contribution in [0.15, 0.2) is 29.6 Å². The van der Waals surface area contributed by atoms with Crippen molar-refractivity contribution >= 4 is 22.9 Å². The zero-order chi connectivity index (χ0) is 16.7. The van der Waals surface area contributed by atoms with Crippen LogP contribution in [0, 0.1) is 6.92 Å². The Kier molecular flexibility index (Phi) is 6.74. The molecule has 1 heterocycles. The number of rotatable bonds is 8. The average molecular weight is 331 g/mol. The first-order valence-corrected chi connectivity index (χ1v) is 8.97. The molecular weight excluding hydrogens is 306 g/mol. The molecule has 0 saturated heterocycles. The third kappa shape index (κ3) is 5.77. The summed E-state index contributed by atoms with van der Waals surface area (Å²) in [6, 6.07) is 7.86. The number of carbonyl (C=O) groups excluding carboxylic acids is 1. The summed E-state index contributed by atoms with van der Waals surface area (Å²) in [6.07, 6.45) is 2.88. The molecule has 0 radical (unpaired) electrons. The third-order valence-corrected chi connectivity index (χ3v) is 4.47. The zero-order valence-electron chi connectivity index (χ0n) is 14.1. The van der Waals surface area contributed by atoms with E-state index in [0.717, 1.165) is 35.0 Å². The Bertz CT molecular complexity index is 621. The Morgan fingerprint density at radius 1 is 1.26 bits per heavy atom. The molecule has 124 valence electrons. The van der Waals surface area contributed by atoms with Gasteiger partial charge in [-0.05, 0) is 39.1 Å². The minimum absolute atomic E-state index is 0.0607. The van der Waals surface area contributed by atoms with Crippen molar-refractivity contribution in [1.29, 1.82) is 0 Å². The molecule has 23 heavy (non-hydrogen) atoms. The van der Waals surface area contributed by atoms with Crippen LogP contribution in [0.4, 0.5) is 5.69 Å². The molecule has 0 spiro atoms. The standard InChI is InChI=1S/C18H25N3OS/c1-4-5-11-21(3)12-10-18(22)20-16-8-6-15(7-9-16)17-13-23-14(2)19-17/h6-9,13H,4-5,10-12H2,1-3H3,(H,20,22). The molecule has 0 atom stereocenters.